The number of hydrogen-bond donors (Lipinski definition) is 1. The van der Waals surface area contributed by atoms with Crippen LogP contribution in [0.4, 0.5) is 4.39 Å². The molecular weight excluding hydrogens is 321 g/mol. The number of hydrogen-bond acceptors (Lipinski definition) is 4. The van der Waals surface area contributed by atoms with Crippen molar-refractivity contribution in [2.24, 2.45) is 5.92 Å². The van der Waals surface area contributed by atoms with Gasteiger partial charge in [-0.05, 0) is 43.4 Å². The Kier molecular flexibility index (Phi) is 4.29. The van der Waals surface area contributed by atoms with Gasteiger partial charge in [-0.2, -0.15) is 0 Å². The Morgan fingerprint density at radius 2 is 2.24 bits per heavy atom. The summed E-state index contributed by atoms with van der Waals surface area (Å²) in [6, 6.07) is 4.78. The van der Waals surface area contributed by atoms with Crippen LogP contribution in [0.1, 0.15) is 35.5 Å². The summed E-state index contributed by atoms with van der Waals surface area (Å²) in [6.07, 6.45) is 3.95. The summed E-state index contributed by atoms with van der Waals surface area (Å²) in [6.45, 7) is 1.78. The lowest BCUT2D eigenvalue weighted by molar-refractivity contribution is 0.236. The predicted molar refractivity (Wildman–Crippen MR) is 92.1 cm³/mol. The van der Waals surface area contributed by atoms with E-state index >= 15 is 0 Å². The van der Waals surface area contributed by atoms with Crippen molar-refractivity contribution in [1.29, 1.82) is 0 Å². The standard InChI is InChI=1S/C19H22FN3O2/c1-25-14-4-5-16(20)13(9-14)10-23-7-6-15-17(11-23)21-18(22-19(15)24)8-12-2-3-12/h4-5,9,12H,2-3,6-8,10-11H2,1H3,(H,21,22,24). The number of H-pyrrole nitrogens is 1. The van der Waals surface area contributed by atoms with Crippen LogP contribution in [0.3, 0.4) is 0 Å². The molecule has 1 aliphatic heterocycles. The fraction of sp³-hybridized carbons (Fsp3) is 0.474. The van der Waals surface area contributed by atoms with E-state index in [1.165, 1.54) is 18.9 Å². The predicted octanol–water partition coefficient (Wildman–Crippen LogP) is 2.43. The van der Waals surface area contributed by atoms with Crippen molar-refractivity contribution >= 4 is 0 Å². The molecule has 132 valence electrons. The van der Waals surface area contributed by atoms with E-state index in [0.717, 1.165) is 30.0 Å². The summed E-state index contributed by atoms with van der Waals surface area (Å²) in [5, 5.41) is 0. The van der Waals surface area contributed by atoms with Crippen molar-refractivity contribution in [1.82, 2.24) is 14.9 Å². The van der Waals surface area contributed by atoms with Crippen molar-refractivity contribution in [2.45, 2.75) is 38.8 Å². The molecule has 5 nitrogen and oxygen atoms in total. The highest BCUT2D eigenvalue weighted by atomic mass is 19.1. The molecule has 1 aromatic carbocycles. The first-order chi connectivity index (χ1) is 12.1. The molecule has 0 amide bonds. The van der Waals surface area contributed by atoms with Gasteiger partial charge in [-0.1, -0.05) is 0 Å². The van der Waals surface area contributed by atoms with E-state index < -0.39 is 0 Å². The second-order valence-electron chi connectivity index (χ2n) is 7.00. The molecule has 0 unspecified atom stereocenters. The first-order valence-corrected chi connectivity index (χ1v) is 8.78. The van der Waals surface area contributed by atoms with Gasteiger partial charge >= 0.3 is 0 Å². The van der Waals surface area contributed by atoms with E-state index in [1.54, 1.807) is 19.2 Å². The molecule has 2 aromatic rings. The normalized spacial score (nSPS) is 17.4. The Labute approximate surface area is 145 Å². The summed E-state index contributed by atoms with van der Waals surface area (Å²) in [5.41, 5.74) is 2.22. The van der Waals surface area contributed by atoms with Gasteiger partial charge in [0.25, 0.3) is 5.56 Å². The second kappa shape index (κ2) is 6.59. The maximum Gasteiger partial charge on any atom is 0.254 e. The summed E-state index contributed by atoms with van der Waals surface area (Å²) in [7, 11) is 1.58. The van der Waals surface area contributed by atoms with Crippen LogP contribution in [0, 0.1) is 11.7 Å². The first-order valence-electron chi connectivity index (χ1n) is 8.78. The average Bonchev–Trinajstić information content (AvgIpc) is 3.40. The van der Waals surface area contributed by atoms with Gasteiger partial charge in [-0.3, -0.25) is 9.69 Å². The van der Waals surface area contributed by atoms with Gasteiger partial charge in [-0.15, -0.1) is 0 Å². The lowest BCUT2D eigenvalue weighted by Gasteiger charge is -2.28. The summed E-state index contributed by atoms with van der Waals surface area (Å²) in [5.74, 6) is 1.88. The van der Waals surface area contributed by atoms with Gasteiger partial charge in [0.05, 0.1) is 12.8 Å². The highest BCUT2D eigenvalue weighted by molar-refractivity contribution is 5.30. The van der Waals surface area contributed by atoms with E-state index in [9.17, 15) is 9.18 Å². The molecule has 0 radical (unpaired) electrons. The van der Waals surface area contributed by atoms with Gasteiger partial charge in [-0.25, -0.2) is 9.37 Å². The van der Waals surface area contributed by atoms with Crippen molar-refractivity contribution in [2.75, 3.05) is 13.7 Å². The number of ether oxygens (including phenoxy) is 1. The van der Waals surface area contributed by atoms with Crippen molar-refractivity contribution in [3.63, 3.8) is 0 Å². The van der Waals surface area contributed by atoms with Gasteiger partial charge in [0.2, 0.25) is 0 Å². The minimum absolute atomic E-state index is 0.00661. The highest BCUT2D eigenvalue weighted by Gasteiger charge is 2.25. The zero-order valence-corrected chi connectivity index (χ0v) is 14.3. The summed E-state index contributed by atoms with van der Waals surface area (Å²) in [4.78, 5) is 22.1. The lowest BCUT2D eigenvalue weighted by Crippen LogP contribution is -2.35. The first kappa shape index (κ1) is 16.3. The van der Waals surface area contributed by atoms with Gasteiger partial charge in [0.15, 0.2) is 0 Å². The Bertz CT molecular complexity index is 845. The lowest BCUT2D eigenvalue weighted by atomic mass is 10.0. The van der Waals surface area contributed by atoms with Crippen molar-refractivity contribution < 1.29 is 9.13 Å². The van der Waals surface area contributed by atoms with Crippen molar-refractivity contribution in [3.05, 3.63) is 57.0 Å². The van der Waals surface area contributed by atoms with E-state index in [2.05, 4.69) is 14.9 Å². The van der Waals surface area contributed by atoms with Crippen LogP contribution in [0.15, 0.2) is 23.0 Å². The Hall–Kier alpha value is -2.21. The van der Waals surface area contributed by atoms with Gasteiger partial charge in [0.1, 0.15) is 17.4 Å². The minimum atomic E-state index is -0.236. The third-order valence-corrected chi connectivity index (χ3v) is 5.03. The molecule has 0 saturated heterocycles. The number of methoxy groups -OCH3 is 1. The van der Waals surface area contributed by atoms with Gasteiger partial charge < -0.3 is 9.72 Å². The number of aromatic nitrogens is 2. The third kappa shape index (κ3) is 3.58. The molecule has 1 fully saturated rings. The van der Waals surface area contributed by atoms with E-state index in [0.29, 0.717) is 36.7 Å². The quantitative estimate of drug-likeness (QED) is 0.906. The van der Waals surface area contributed by atoms with Crippen LogP contribution < -0.4 is 10.3 Å². The van der Waals surface area contributed by atoms with E-state index in [1.807, 2.05) is 0 Å². The summed E-state index contributed by atoms with van der Waals surface area (Å²) < 4.78 is 19.3. The smallest absolute Gasteiger partial charge is 0.254 e. The fourth-order valence-corrected chi connectivity index (χ4v) is 3.41. The zero-order valence-electron chi connectivity index (χ0n) is 14.3. The van der Waals surface area contributed by atoms with Gasteiger partial charge in [0, 0.05) is 37.2 Å². The van der Waals surface area contributed by atoms with Crippen LogP contribution >= 0.6 is 0 Å². The molecule has 0 spiro atoms. The number of fused-ring (bicyclic) bond motifs is 1. The van der Waals surface area contributed by atoms with Crippen LogP contribution in [-0.2, 0) is 25.9 Å². The number of rotatable bonds is 5. The van der Waals surface area contributed by atoms with Crippen LogP contribution in [0.25, 0.3) is 0 Å². The number of aromatic amines is 1. The second-order valence-corrected chi connectivity index (χ2v) is 7.00. The molecule has 1 aromatic heterocycles. The SMILES string of the molecule is COc1ccc(F)c(CN2CCc3c(nc(CC4CC4)[nH]c3=O)C2)c1. The van der Waals surface area contributed by atoms with Crippen LogP contribution in [-0.4, -0.2) is 28.5 Å². The molecule has 1 aliphatic carbocycles. The monoisotopic (exact) mass is 343 g/mol. The largest absolute Gasteiger partial charge is 0.497 e. The number of benzene rings is 1. The zero-order chi connectivity index (χ0) is 17.4. The Morgan fingerprint density at radius 3 is 3.00 bits per heavy atom. The number of halogens is 1. The van der Waals surface area contributed by atoms with Crippen molar-refractivity contribution in [3.8, 4) is 5.75 Å². The molecule has 2 heterocycles. The Morgan fingerprint density at radius 1 is 1.40 bits per heavy atom. The van der Waals surface area contributed by atoms with E-state index in [4.69, 9.17) is 4.74 Å². The molecule has 1 saturated carbocycles. The number of nitrogens with zero attached hydrogens (tertiary/aromatic N) is 2. The molecule has 25 heavy (non-hydrogen) atoms. The summed E-state index contributed by atoms with van der Waals surface area (Å²) >= 11 is 0. The molecule has 0 bridgehead atoms. The van der Waals surface area contributed by atoms with Crippen LogP contribution in [0.5, 0.6) is 5.75 Å². The minimum Gasteiger partial charge on any atom is -0.497 e. The molecule has 0 atom stereocenters. The molecule has 4 rings (SSSR count). The molecule has 6 heteroatoms. The molecule has 2 aliphatic rings. The Balaban J connectivity index is 1.54. The fourth-order valence-electron chi connectivity index (χ4n) is 3.41. The maximum absolute atomic E-state index is 14.1. The van der Waals surface area contributed by atoms with E-state index in [-0.39, 0.29) is 11.4 Å². The van der Waals surface area contributed by atoms with Crippen LogP contribution in [0.2, 0.25) is 0 Å². The average molecular weight is 343 g/mol. The maximum atomic E-state index is 14.1. The molecule has 1 N–H and O–H groups in total. The number of nitrogens with one attached hydrogen (secondary N) is 1. The topological polar surface area (TPSA) is 58.2 Å². The molecular formula is C19H22FN3O2. The third-order valence-electron chi connectivity index (χ3n) is 5.03. The highest BCUT2D eigenvalue weighted by Crippen LogP contribution is 2.31.